The molecule has 0 N–H and O–H groups in total. The zero-order valence-electron chi connectivity index (χ0n) is 7.18. The Hall–Kier alpha value is -0.560. The Labute approximate surface area is 77.8 Å². The highest BCUT2D eigenvalue weighted by Crippen LogP contribution is 2.33. The van der Waals surface area contributed by atoms with Gasteiger partial charge < -0.3 is 0 Å². The lowest BCUT2D eigenvalue weighted by molar-refractivity contribution is 0.797. The molecule has 0 aromatic carbocycles. The van der Waals surface area contributed by atoms with E-state index < -0.39 is 0 Å². The molecule has 1 aromatic heterocycles. The van der Waals surface area contributed by atoms with Crippen LogP contribution in [0.1, 0.15) is 24.1 Å². The minimum atomic E-state index is 0.848. The molecule has 2 rings (SSSR count). The second kappa shape index (κ2) is 3.06. The molecule has 1 aliphatic rings. The molecule has 1 fully saturated rings. The predicted molar refractivity (Wildman–Crippen MR) is 50.4 cm³/mol. The monoisotopic (exact) mass is 181 g/mol. The summed E-state index contributed by atoms with van der Waals surface area (Å²) in [6.07, 6.45) is 5.65. The molecule has 1 heterocycles. The third kappa shape index (κ3) is 1.61. The first kappa shape index (κ1) is 8.06. The van der Waals surface area contributed by atoms with E-state index in [2.05, 4.69) is 4.98 Å². The summed E-state index contributed by atoms with van der Waals surface area (Å²) in [6.45, 7) is 2.05. The van der Waals surface area contributed by atoms with Crippen molar-refractivity contribution in [2.45, 2.75) is 26.2 Å². The molecular weight excluding hydrogens is 170 g/mol. The number of halogens is 1. The second-order valence-corrected chi connectivity index (χ2v) is 3.92. The van der Waals surface area contributed by atoms with Crippen LogP contribution >= 0.6 is 11.6 Å². The van der Waals surface area contributed by atoms with Crippen molar-refractivity contribution >= 4 is 11.6 Å². The van der Waals surface area contributed by atoms with Crippen LogP contribution in [0.3, 0.4) is 0 Å². The van der Waals surface area contributed by atoms with Crippen molar-refractivity contribution < 1.29 is 0 Å². The van der Waals surface area contributed by atoms with Crippen molar-refractivity contribution in [3.8, 4) is 0 Å². The van der Waals surface area contributed by atoms with Gasteiger partial charge in [-0.15, -0.1) is 0 Å². The first-order valence-electron chi connectivity index (χ1n) is 4.37. The molecular formula is C10H12ClN. The Morgan fingerprint density at radius 3 is 3.00 bits per heavy atom. The molecule has 12 heavy (non-hydrogen) atoms. The summed E-state index contributed by atoms with van der Waals surface area (Å²) in [4.78, 5) is 4.33. The van der Waals surface area contributed by atoms with Crippen molar-refractivity contribution in [2.24, 2.45) is 5.92 Å². The van der Waals surface area contributed by atoms with Crippen LogP contribution in [0, 0.1) is 12.8 Å². The minimum absolute atomic E-state index is 0.848. The highest BCUT2D eigenvalue weighted by Gasteiger charge is 2.23. The van der Waals surface area contributed by atoms with Gasteiger partial charge in [0.15, 0.2) is 0 Å². The van der Waals surface area contributed by atoms with Gasteiger partial charge in [-0.3, -0.25) is 4.98 Å². The molecule has 0 radical (unpaired) electrons. The van der Waals surface area contributed by atoms with Crippen LogP contribution in [0.15, 0.2) is 12.3 Å². The van der Waals surface area contributed by atoms with Crippen molar-refractivity contribution in [1.29, 1.82) is 0 Å². The normalized spacial score (nSPS) is 16.5. The van der Waals surface area contributed by atoms with Crippen molar-refractivity contribution in [2.75, 3.05) is 0 Å². The number of nitrogens with zero attached hydrogens (tertiary/aromatic N) is 1. The molecule has 1 aliphatic carbocycles. The Morgan fingerprint density at radius 2 is 2.33 bits per heavy atom. The second-order valence-electron chi connectivity index (χ2n) is 3.51. The average molecular weight is 182 g/mol. The molecule has 0 amide bonds. The van der Waals surface area contributed by atoms with Crippen LogP contribution in [0.25, 0.3) is 0 Å². The molecule has 0 unspecified atom stereocenters. The van der Waals surface area contributed by atoms with Crippen molar-refractivity contribution in [1.82, 2.24) is 4.98 Å². The molecule has 1 aromatic rings. The maximum Gasteiger partial charge on any atom is 0.0468 e. The maximum atomic E-state index is 5.98. The first-order chi connectivity index (χ1) is 5.77. The summed E-state index contributed by atoms with van der Waals surface area (Å²) in [5.41, 5.74) is 2.34. The molecule has 2 heteroatoms. The maximum absolute atomic E-state index is 5.98. The van der Waals surface area contributed by atoms with E-state index in [4.69, 9.17) is 11.6 Å². The summed E-state index contributed by atoms with van der Waals surface area (Å²) in [7, 11) is 0. The molecule has 0 aliphatic heterocycles. The molecule has 0 saturated heterocycles. The third-order valence-corrected chi connectivity index (χ3v) is 2.83. The van der Waals surface area contributed by atoms with E-state index in [1.165, 1.54) is 18.5 Å². The first-order valence-corrected chi connectivity index (χ1v) is 4.75. The highest BCUT2D eigenvalue weighted by atomic mass is 35.5. The Morgan fingerprint density at radius 1 is 1.58 bits per heavy atom. The van der Waals surface area contributed by atoms with E-state index in [-0.39, 0.29) is 0 Å². The van der Waals surface area contributed by atoms with Crippen LogP contribution in [-0.4, -0.2) is 4.98 Å². The predicted octanol–water partition coefficient (Wildman–Crippen LogP) is 3.00. The topological polar surface area (TPSA) is 12.9 Å². The third-order valence-electron chi connectivity index (χ3n) is 2.42. The summed E-state index contributed by atoms with van der Waals surface area (Å²) < 4.78 is 0. The van der Waals surface area contributed by atoms with Gasteiger partial charge in [-0.1, -0.05) is 11.6 Å². The van der Waals surface area contributed by atoms with Gasteiger partial charge in [0.05, 0.1) is 0 Å². The van der Waals surface area contributed by atoms with E-state index >= 15 is 0 Å². The molecule has 1 nitrogen and oxygen atoms in total. The lowest BCUT2D eigenvalue weighted by atomic mass is 10.1. The fraction of sp³-hybridized carbons (Fsp3) is 0.500. The largest absolute Gasteiger partial charge is 0.261 e. The van der Waals surface area contributed by atoms with Crippen LogP contribution in [0.5, 0.6) is 0 Å². The summed E-state index contributed by atoms with van der Waals surface area (Å²) in [6, 6.07) is 1.85. The number of rotatable bonds is 2. The molecule has 0 spiro atoms. The number of aromatic nitrogens is 1. The van der Waals surface area contributed by atoms with Gasteiger partial charge >= 0.3 is 0 Å². The van der Waals surface area contributed by atoms with Gasteiger partial charge in [0.2, 0.25) is 0 Å². The highest BCUT2D eigenvalue weighted by molar-refractivity contribution is 6.31. The Kier molecular flexibility index (Phi) is 2.05. The SMILES string of the molecule is Cc1c(Cl)ccnc1CC1CC1. The van der Waals surface area contributed by atoms with Crippen LogP contribution < -0.4 is 0 Å². The molecule has 64 valence electrons. The van der Waals surface area contributed by atoms with Gasteiger partial charge in [-0.05, 0) is 43.7 Å². The number of pyridine rings is 1. The Bertz CT molecular complexity index is 292. The Balaban J connectivity index is 2.23. The summed E-state index contributed by atoms with van der Waals surface area (Å²) in [5.74, 6) is 0.884. The van der Waals surface area contributed by atoms with E-state index in [1.54, 1.807) is 6.20 Å². The molecule has 1 saturated carbocycles. The van der Waals surface area contributed by atoms with Crippen molar-refractivity contribution in [3.05, 3.63) is 28.5 Å². The van der Waals surface area contributed by atoms with Gasteiger partial charge in [0.25, 0.3) is 0 Å². The van der Waals surface area contributed by atoms with Gasteiger partial charge in [0, 0.05) is 16.9 Å². The van der Waals surface area contributed by atoms with Gasteiger partial charge in [-0.25, -0.2) is 0 Å². The molecule has 0 bridgehead atoms. The van der Waals surface area contributed by atoms with Gasteiger partial charge in [0.1, 0.15) is 0 Å². The van der Waals surface area contributed by atoms with Crippen molar-refractivity contribution in [3.63, 3.8) is 0 Å². The van der Waals surface area contributed by atoms with Crippen LogP contribution in [-0.2, 0) is 6.42 Å². The van der Waals surface area contributed by atoms with Crippen LogP contribution in [0.2, 0.25) is 5.02 Å². The van der Waals surface area contributed by atoms with Crippen LogP contribution in [0.4, 0.5) is 0 Å². The van der Waals surface area contributed by atoms with E-state index in [0.29, 0.717) is 0 Å². The lowest BCUT2D eigenvalue weighted by Gasteiger charge is -2.04. The number of hydrogen-bond acceptors (Lipinski definition) is 1. The zero-order valence-corrected chi connectivity index (χ0v) is 7.93. The summed E-state index contributed by atoms with van der Waals surface area (Å²) in [5, 5.41) is 0.848. The summed E-state index contributed by atoms with van der Waals surface area (Å²) >= 11 is 5.98. The quantitative estimate of drug-likeness (QED) is 0.684. The number of hydrogen-bond donors (Lipinski definition) is 0. The standard InChI is InChI=1S/C10H12ClN/c1-7-9(11)4-5-12-10(7)6-8-2-3-8/h4-5,8H,2-3,6H2,1H3. The van der Waals surface area contributed by atoms with E-state index in [1.807, 2.05) is 13.0 Å². The van der Waals surface area contributed by atoms with E-state index in [0.717, 1.165) is 22.9 Å². The lowest BCUT2D eigenvalue weighted by Crippen LogP contribution is -1.95. The average Bonchev–Trinajstić information content (AvgIpc) is 2.83. The molecule has 0 atom stereocenters. The van der Waals surface area contributed by atoms with Gasteiger partial charge in [-0.2, -0.15) is 0 Å². The van der Waals surface area contributed by atoms with E-state index in [9.17, 15) is 0 Å². The minimum Gasteiger partial charge on any atom is -0.261 e. The zero-order chi connectivity index (χ0) is 8.55. The fourth-order valence-corrected chi connectivity index (χ4v) is 1.52. The smallest absolute Gasteiger partial charge is 0.0468 e. The fourth-order valence-electron chi connectivity index (χ4n) is 1.35.